The molecule has 1 fully saturated rings. The van der Waals surface area contributed by atoms with Crippen molar-refractivity contribution in [2.75, 3.05) is 0 Å². The normalized spacial score (nSPS) is 30.4. The van der Waals surface area contributed by atoms with E-state index in [4.69, 9.17) is 18.9 Å². The van der Waals surface area contributed by atoms with Crippen molar-refractivity contribution in [2.24, 2.45) is 0 Å². The van der Waals surface area contributed by atoms with Gasteiger partial charge in [0.15, 0.2) is 18.5 Å². The summed E-state index contributed by atoms with van der Waals surface area (Å²) >= 11 is 0. The number of rotatable bonds is 4. The summed E-state index contributed by atoms with van der Waals surface area (Å²) in [7, 11) is 0. The molecule has 1 heterocycles. The third kappa shape index (κ3) is 4.17. The number of carbonyl (C=O) groups is 3. The van der Waals surface area contributed by atoms with Crippen LogP contribution in [0.5, 0.6) is 0 Å². The van der Waals surface area contributed by atoms with Gasteiger partial charge in [-0.3, -0.25) is 14.4 Å². The van der Waals surface area contributed by atoms with Crippen LogP contribution in [0, 0.1) is 0 Å². The lowest BCUT2D eigenvalue weighted by Crippen LogP contribution is -2.44. The van der Waals surface area contributed by atoms with Gasteiger partial charge in [0.05, 0.1) is 0 Å². The Kier molecular flexibility index (Phi) is 5.46. The SMILES string of the molecule is CC(=O)O[C@H]1[C@@H](OC(C)=O)[C@H](O)O[C@@H]1[C@H](C)OC(C)=O. The fraction of sp³-hybridized carbons (Fsp3) is 0.750. The lowest BCUT2D eigenvalue weighted by atomic mass is 10.1. The summed E-state index contributed by atoms with van der Waals surface area (Å²) < 4.78 is 20.0. The topological polar surface area (TPSA) is 108 Å². The maximum atomic E-state index is 11.1. The molecule has 0 unspecified atom stereocenters. The Bertz CT molecular complexity index is 393. The molecule has 1 rings (SSSR count). The number of hydrogen-bond acceptors (Lipinski definition) is 8. The highest BCUT2D eigenvalue weighted by Gasteiger charge is 2.51. The van der Waals surface area contributed by atoms with Crippen LogP contribution in [0.2, 0.25) is 0 Å². The third-order valence-electron chi connectivity index (χ3n) is 2.64. The van der Waals surface area contributed by atoms with Gasteiger partial charge in [0.25, 0.3) is 0 Å². The number of aliphatic hydroxyl groups excluding tert-OH is 1. The molecule has 8 nitrogen and oxygen atoms in total. The molecule has 5 atom stereocenters. The van der Waals surface area contributed by atoms with E-state index in [1.165, 1.54) is 20.8 Å². The van der Waals surface area contributed by atoms with E-state index in [2.05, 4.69) is 0 Å². The largest absolute Gasteiger partial charge is 0.460 e. The van der Waals surface area contributed by atoms with E-state index in [1.54, 1.807) is 0 Å². The fourth-order valence-electron chi connectivity index (χ4n) is 2.01. The molecule has 0 amide bonds. The molecular formula is C12H18O8. The van der Waals surface area contributed by atoms with Crippen LogP contribution in [0.15, 0.2) is 0 Å². The molecule has 1 saturated heterocycles. The Morgan fingerprint density at radius 2 is 1.50 bits per heavy atom. The van der Waals surface area contributed by atoms with Gasteiger partial charge in [-0.25, -0.2) is 0 Å². The second-order valence-corrected chi connectivity index (χ2v) is 4.45. The predicted octanol–water partition coefficient (Wildman–Crippen LogP) is -0.481. The number of carbonyl (C=O) groups excluding carboxylic acids is 3. The number of esters is 3. The molecule has 8 heteroatoms. The third-order valence-corrected chi connectivity index (χ3v) is 2.64. The average molecular weight is 290 g/mol. The monoisotopic (exact) mass is 290 g/mol. The van der Waals surface area contributed by atoms with Crippen molar-refractivity contribution in [1.29, 1.82) is 0 Å². The van der Waals surface area contributed by atoms with Gasteiger partial charge in [-0.2, -0.15) is 0 Å². The lowest BCUT2D eigenvalue weighted by Gasteiger charge is -2.25. The standard InChI is InChI=1S/C12H18O8/c1-5(17-6(2)13)9-10(18-7(3)14)11(12(16)20-9)19-8(4)15/h5,9-12,16H,1-4H3/t5-,9+,10+,11+,12+/m0/s1. The zero-order valence-electron chi connectivity index (χ0n) is 11.7. The summed E-state index contributed by atoms with van der Waals surface area (Å²) in [4.78, 5) is 33.1. The minimum absolute atomic E-state index is 0.548. The maximum absolute atomic E-state index is 11.1. The van der Waals surface area contributed by atoms with E-state index < -0.39 is 48.6 Å². The van der Waals surface area contributed by atoms with Crippen molar-refractivity contribution in [3.05, 3.63) is 0 Å². The molecule has 0 saturated carbocycles. The predicted molar refractivity (Wildman–Crippen MR) is 63.2 cm³/mol. The Morgan fingerprint density at radius 3 is 1.95 bits per heavy atom. The molecule has 0 aliphatic carbocycles. The van der Waals surface area contributed by atoms with E-state index in [-0.39, 0.29) is 0 Å². The highest BCUT2D eigenvalue weighted by atomic mass is 16.7. The second-order valence-electron chi connectivity index (χ2n) is 4.45. The van der Waals surface area contributed by atoms with Crippen LogP contribution < -0.4 is 0 Å². The number of ether oxygens (including phenoxy) is 4. The van der Waals surface area contributed by atoms with Crippen molar-refractivity contribution >= 4 is 17.9 Å². The van der Waals surface area contributed by atoms with Gasteiger partial charge in [0.2, 0.25) is 0 Å². The molecule has 1 aliphatic heterocycles. The zero-order chi connectivity index (χ0) is 15.4. The van der Waals surface area contributed by atoms with Crippen molar-refractivity contribution in [3.63, 3.8) is 0 Å². The fourth-order valence-corrected chi connectivity index (χ4v) is 2.01. The van der Waals surface area contributed by atoms with E-state index in [0.29, 0.717) is 0 Å². The van der Waals surface area contributed by atoms with E-state index in [9.17, 15) is 19.5 Å². The lowest BCUT2D eigenvalue weighted by molar-refractivity contribution is -0.176. The first-order chi connectivity index (χ1) is 9.22. The van der Waals surface area contributed by atoms with Crippen LogP contribution in [-0.2, 0) is 33.3 Å². The smallest absolute Gasteiger partial charge is 0.303 e. The average Bonchev–Trinajstić information content (AvgIpc) is 2.55. The quantitative estimate of drug-likeness (QED) is 0.546. The highest BCUT2D eigenvalue weighted by Crippen LogP contribution is 2.29. The molecule has 0 bridgehead atoms. The Labute approximate surface area is 115 Å². The highest BCUT2D eigenvalue weighted by molar-refractivity contribution is 5.68. The van der Waals surface area contributed by atoms with Crippen LogP contribution in [0.4, 0.5) is 0 Å². The summed E-state index contributed by atoms with van der Waals surface area (Å²) in [6.07, 6.45) is -5.40. The Hall–Kier alpha value is -1.67. The van der Waals surface area contributed by atoms with Gasteiger partial charge < -0.3 is 24.1 Å². The van der Waals surface area contributed by atoms with Crippen LogP contribution in [0.1, 0.15) is 27.7 Å². The molecule has 1 N–H and O–H groups in total. The Morgan fingerprint density at radius 1 is 1.00 bits per heavy atom. The molecular weight excluding hydrogens is 272 g/mol. The molecule has 1 aliphatic rings. The zero-order valence-corrected chi connectivity index (χ0v) is 11.7. The molecule has 0 aromatic rings. The summed E-state index contributed by atoms with van der Waals surface area (Å²) in [5.41, 5.74) is 0. The first kappa shape index (κ1) is 16.4. The molecule has 114 valence electrons. The van der Waals surface area contributed by atoms with Crippen LogP contribution >= 0.6 is 0 Å². The molecule has 0 spiro atoms. The summed E-state index contributed by atoms with van der Waals surface area (Å²) in [5, 5.41) is 9.74. The van der Waals surface area contributed by atoms with Crippen molar-refractivity contribution in [3.8, 4) is 0 Å². The number of aliphatic hydroxyl groups is 1. The van der Waals surface area contributed by atoms with Crippen LogP contribution in [0.3, 0.4) is 0 Å². The molecule has 0 aromatic heterocycles. The van der Waals surface area contributed by atoms with Gasteiger partial charge in [-0.1, -0.05) is 0 Å². The molecule has 0 aromatic carbocycles. The molecule has 0 radical (unpaired) electrons. The van der Waals surface area contributed by atoms with Gasteiger partial charge in [-0.05, 0) is 6.92 Å². The first-order valence-electron chi connectivity index (χ1n) is 6.07. The molecule has 20 heavy (non-hydrogen) atoms. The van der Waals surface area contributed by atoms with Crippen molar-refractivity contribution in [2.45, 2.75) is 58.4 Å². The van der Waals surface area contributed by atoms with Gasteiger partial charge in [0, 0.05) is 20.8 Å². The van der Waals surface area contributed by atoms with Crippen LogP contribution in [0.25, 0.3) is 0 Å². The maximum Gasteiger partial charge on any atom is 0.303 e. The summed E-state index contributed by atoms with van der Waals surface area (Å²) in [6.45, 7) is 5.06. The van der Waals surface area contributed by atoms with E-state index >= 15 is 0 Å². The van der Waals surface area contributed by atoms with E-state index in [1.807, 2.05) is 0 Å². The minimum atomic E-state index is -1.47. The summed E-state index contributed by atoms with van der Waals surface area (Å²) in [6, 6.07) is 0. The van der Waals surface area contributed by atoms with Crippen LogP contribution in [-0.4, -0.2) is 53.7 Å². The Balaban J connectivity index is 2.89. The van der Waals surface area contributed by atoms with Gasteiger partial charge >= 0.3 is 17.9 Å². The first-order valence-corrected chi connectivity index (χ1v) is 6.07. The minimum Gasteiger partial charge on any atom is -0.460 e. The van der Waals surface area contributed by atoms with Gasteiger partial charge in [-0.15, -0.1) is 0 Å². The number of hydrogen-bond donors (Lipinski definition) is 1. The van der Waals surface area contributed by atoms with Crippen molar-refractivity contribution in [1.82, 2.24) is 0 Å². The van der Waals surface area contributed by atoms with Crippen molar-refractivity contribution < 1.29 is 38.4 Å². The van der Waals surface area contributed by atoms with E-state index in [0.717, 1.165) is 6.92 Å². The summed E-state index contributed by atoms with van der Waals surface area (Å²) in [5.74, 6) is -1.84. The second kappa shape index (κ2) is 6.67. The van der Waals surface area contributed by atoms with Gasteiger partial charge in [0.1, 0.15) is 12.2 Å².